The Kier molecular flexibility index (Phi) is 4.38. The molecule has 3 aliphatic rings. The highest BCUT2D eigenvalue weighted by atomic mass is 16.5. The van der Waals surface area contributed by atoms with E-state index in [-0.39, 0.29) is 39.7 Å². The Balaban J connectivity index is 2.33. The molecule has 5 heteroatoms. The minimum Gasteiger partial charge on any atom is -0.492 e. The highest BCUT2D eigenvalue weighted by Gasteiger charge is 2.68. The SMILES string of the molecule is C=C(C)C1=C(OC)C(=O)C2=C(CCC3(OC)C(C)(C)CCC(=O)C23C)C1=O. The predicted octanol–water partition coefficient (Wildman–Crippen LogP) is 3.49. The second-order valence-electron chi connectivity index (χ2n) is 8.66. The van der Waals surface area contributed by atoms with Crippen LogP contribution < -0.4 is 0 Å². The molecule has 0 aromatic heterocycles. The van der Waals surface area contributed by atoms with Crippen LogP contribution in [0.1, 0.15) is 53.4 Å². The second-order valence-corrected chi connectivity index (χ2v) is 8.66. The van der Waals surface area contributed by atoms with E-state index in [1.807, 2.05) is 0 Å². The van der Waals surface area contributed by atoms with Gasteiger partial charge in [0.25, 0.3) is 0 Å². The molecule has 0 spiro atoms. The van der Waals surface area contributed by atoms with Crippen LogP contribution in [0.5, 0.6) is 0 Å². The number of carbonyl (C=O) groups is 3. The number of ether oxygens (including phenoxy) is 2. The molecule has 0 saturated heterocycles. The highest BCUT2D eigenvalue weighted by Crippen LogP contribution is 2.63. The maximum Gasteiger partial charge on any atom is 0.225 e. The average Bonchev–Trinajstić information content (AvgIpc) is 2.60. The third kappa shape index (κ3) is 2.18. The van der Waals surface area contributed by atoms with Crippen molar-refractivity contribution in [2.45, 2.75) is 59.0 Å². The molecule has 2 unspecified atom stereocenters. The summed E-state index contributed by atoms with van der Waals surface area (Å²) in [6.07, 6.45) is 1.95. The maximum atomic E-state index is 13.5. The molecule has 146 valence electrons. The van der Waals surface area contributed by atoms with Gasteiger partial charge in [-0.1, -0.05) is 20.4 Å². The number of ketones is 3. The first kappa shape index (κ1) is 19.7. The Morgan fingerprint density at radius 3 is 2.15 bits per heavy atom. The average molecular weight is 372 g/mol. The normalized spacial score (nSPS) is 33.0. The topological polar surface area (TPSA) is 69.7 Å². The van der Waals surface area contributed by atoms with E-state index < -0.39 is 11.0 Å². The molecule has 0 heterocycles. The van der Waals surface area contributed by atoms with Crippen molar-refractivity contribution < 1.29 is 23.9 Å². The summed E-state index contributed by atoms with van der Waals surface area (Å²) in [6, 6.07) is 0. The molecular formula is C22H28O5. The van der Waals surface area contributed by atoms with Gasteiger partial charge in [0, 0.05) is 24.7 Å². The number of allylic oxidation sites excluding steroid dienone is 4. The van der Waals surface area contributed by atoms with E-state index in [4.69, 9.17) is 9.47 Å². The predicted molar refractivity (Wildman–Crippen MR) is 101 cm³/mol. The number of hydrogen-bond acceptors (Lipinski definition) is 5. The summed E-state index contributed by atoms with van der Waals surface area (Å²) in [5.74, 6) is -0.711. The van der Waals surface area contributed by atoms with Crippen LogP contribution in [0.4, 0.5) is 0 Å². The van der Waals surface area contributed by atoms with Crippen LogP contribution in [0.3, 0.4) is 0 Å². The van der Waals surface area contributed by atoms with E-state index in [0.717, 1.165) is 0 Å². The Morgan fingerprint density at radius 1 is 1.00 bits per heavy atom. The van der Waals surface area contributed by atoms with Crippen LogP contribution in [-0.2, 0) is 23.9 Å². The van der Waals surface area contributed by atoms with Crippen molar-refractivity contribution >= 4 is 17.3 Å². The minimum atomic E-state index is -1.19. The Hall–Kier alpha value is -2.01. The summed E-state index contributed by atoms with van der Waals surface area (Å²) in [5, 5.41) is 0. The van der Waals surface area contributed by atoms with Crippen LogP contribution >= 0.6 is 0 Å². The van der Waals surface area contributed by atoms with Gasteiger partial charge in [-0.05, 0) is 44.1 Å². The summed E-state index contributed by atoms with van der Waals surface area (Å²) in [6.45, 7) is 11.5. The fraction of sp³-hybridized carbons (Fsp3) is 0.591. The lowest BCUT2D eigenvalue weighted by Gasteiger charge is -2.61. The van der Waals surface area contributed by atoms with E-state index in [1.165, 1.54) is 7.11 Å². The van der Waals surface area contributed by atoms with Crippen LogP contribution in [-0.4, -0.2) is 37.2 Å². The van der Waals surface area contributed by atoms with Crippen molar-refractivity contribution in [3.05, 3.63) is 34.6 Å². The minimum absolute atomic E-state index is 0.0180. The fourth-order valence-electron chi connectivity index (χ4n) is 5.67. The van der Waals surface area contributed by atoms with Gasteiger partial charge in [-0.3, -0.25) is 14.4 Å². The first-order valence-corrected chi connectivity index (χ1v) is 9.35. The third-order valence-electron chi connectivity index (χ3n) is 7.11. The molecule has 0 aromatic rings. The van der Waals surface area contributed by atoms with E-state index >= 15 is 0 Å². The summed E-state index contributed by atoms with van der Waals surface area (Å²) in [4.78, 5) is 40.0. The molecule has 0 radical (unpaired) electrons. The summed E-state index contributed by atoms with van der Waals surface area (Å²) in [5.41, 5.74) is -0.964. The molecule has 0 amide bonds. The molecular weight excluding hydrogens is 344 g/mol. The van der Waals surface area contributed by atoms with Crippen LogP contribution in [0.25, 0.3) is 0 Å². The van der Waals surface area contributed by atoms with Crippen LogP contribution in [0.15, 0.2) is 34.6 Å². The molecule has 3 aliphatic carbocycles. The number of fused-ring (bicyclic) bond motifs is 2. The van der Waals surface area contributed by atoms with Gasteiger partial charge < -0.3 is 9.47 Å². The number of methoxy groups -OCH3 is 2. The van der Waals surface area contributed by atoms with Gasteiger partial charge in [-0.25, -0.2) is 0 Å². The third-order valence-corrected chi connectivity index (χ3v) is 7.11. The standard InChI is InChI=1S/C22H28O5/c1-12(2)15-17(24)13-8-11-22(27-7)20(3,4)10-9-14(23)21(22,5)16(13)18(25)19(15)26-6/h1,8-11H2,2-7H3. The first-order chi connectivity index (χ1) is 12.5. The van der Waals surface area contributed by atoms with Crippen molar-refractivity contribution in [1.29, 1.82) is 0 Å². The van der Waals surface area contributed by atoms with Crippen molar-refractivity contribution in [3.63, 3.8) is 0 Å². The Morgan fingerprint density at radius 2 is 1.63 bits per heavy atom. The molecule has 2 atom stereocenters. The van der Waals surface area contributed by atoms with Crippen LogP contribution in [0, 0.1) is 10.8 Å². The number of rotatable bonds is 3. The van der Waals surface area contributed by atoms with Gasteiger partial charge in [0.1, 0.15) is 5.78 Å². The van der Waals surface area contributed by atoms with Gasteiger partial charge in [0.15, 0.2) is 11.5 Å². The van der Waals surface area contributed by atoms with Gasteiger partial charge >= 0.3 is 0 Å². The van der Waals surface area contributed by atoms with Gasteiger partial charge in [0.2, 0.25) is 5.78 Å². The Labute approximate surface area is 160 Å². The number of Topliss-reactive ketones (excluding diaryl/α,β-unsaturated/α-hetero) is 3. The zero-order chi connectivity index (χ0) is 20.4. The van der Waals surface area contributed by atoms with Gasteiger partial charge in [0.05, 0.1) is 23.7 Å². The smallest absolute Gasteiger partial charge is 0.225 e. The van der Waals surface area contributed by atoms with E-state index in [0.29, 0.717) is 36.8 Å². The van der Waals surface area contributed by atoms with Gasteiger partial charge in [-0.2, -0.15) is 0 Å². The zero-order valence-corrected chi connectivity index (χ0v) is 17.1. The van der Waals surface area contributed by atoms with Gasteiger partial charge in [-0.15, -0.1) is 0 Å². The largest absolute Gasteiger partial charge is 0.492 e. The van der Waals surface area contributed by atoms with Crippen LogP contribution in [0.2, 0.25) is 0 Å². The second kappa shape index (κ2) is 5.99. The summed E-state index contributed by atoms with van der Waals surface area (Å²) < 4.78 is 11.4. The molecule has 5 nitrogen and oxygen atoms in total. The summed E-state index contributed by atoms with van der Waals surface area (Å²) in [7, 11) is 2.97. The molecule has 1 saturated carbocycles. The molecule has 3 rings (SSSR count). The molecule has 0 aliphatic heterocycles. The molecule has 1 fully saturated rings. The first-order valence-electron chi connectivity index (χ1n) is 9.35. The lowest BCUT2D eigenvalue weighted by Crippen LogP contribution is -2.67. The number of carbonyl (C=O) groups excluding carboxylic acids is 3. The van der Waals surface area contributed by atoms with E-state index in [9.17, 15) is 14.4 Å². The lowest BCUT2D eigenvalue weighted by atomic mass is 9.45. The molecule has 0 N–H and O–H groups in total. The Bertz CT molecular complexity index is 841. The van der Waals surface area contributed by atoms with Crippen molar-refractivity contribution in [1.82, 2.24) is 0 Å². The molecule has 0 aromatic carbocycles. The monoisotopic (exact) mass is 372 g/mol. The van der Waals surface area contributed by atoms with Crippen molar-refractivity contribution in [3.8, 4) is 0 Å². The zero-order valence-electron chi connectivity index (χ0n) is 17.1. The van der Waals surface area contributed by atoms with Crippen molar-refractivity contribution in [2.24, 2.45) is 10.8 Å². The van der Waals surface area contributed by atoms with E-state index in [2.05, 4.69) is 20.4 Å². The molecule has 27 heavy (non-hydrogen) atoms. The van der Waals surface area contributed by atoms with E-state index in [1.54, 1.807) is 21.0 Å². The lowest BCUT2D eigenvalue weighted by molar-refractivity contribution is -0.199. The number of hydrogen-bond donors (Lipinski definition) is 0. The highest BCUT2D eigenvalue weighted by molar-refractivity contribution is 6.28. The molecule has 0 bridgehead atoms. The maximum absolute atomic E-state index is 13.5. The summed E-state index contributed by atoms with van der Waals surface area (Å²) >= 11 is 0. The van der Waals surface area contributed by atoms with Crippen molar-refractivity contribution in [2.75, 3.05) is 14.2 Å². The quantitative estimate of drug-likeness (QED) is 0.710. The fourth-order valence-corrected chi connectivity index (χ4v) is 5.67.